The molecule has 1 N–H and O–H groups in total. The topological polar surface area (TPSA) is 77.1 Å². The number of halogens is 7. The first-order valence-corrected chi connectivity index (χ1v) is 9.26. The fourth-order valence-corrected chi connectivity index (χ4v) is 3.13. The third-order valence-electron chi connectivity index (χ3n) is 3.62. The Morgan fingerprint density at radius 1 is 1.13 bits per heavy atom. The molecule has 0 unspecified atom stereocenters. The zero-order valence-corrected chi connectivity index (χ0v) is 16.8. The van der Waals surface area contributed by atoms with Crippen LogP contribution in [0.4, 0.5) is 22.0 Å². The van der Waals surface area contributed by atoms with Crippen molar-refractivity contribution in [1.82, 2.24) is 14.3 Å². The summed E-state index contributed by atoms with van der Waals surface area (Å²) in [4.78, 5) is 17.8. The third-order valence-corrected chi connectivity index (χ3v) is 4.97. The highest BCUT2D eigenvalue weighted by Gasteiger charge is 2.62. The number of ether oxygens (including phenoxy) is 2. The molecule has 0 aliphatic rings. The standard InChI is InChI=1S/C16H8Cl2F5N3O3S/c1-28-9-5-30-26-10(9)13-24-12(15(19,20)16(21,22)23)11(14(27)25-13)29-6-2-3-7(17)8(18)4-6/h2-5H,1H3,(H,24,25,27). The van der Waals surface area contributed by atoms with Gasteiger partial charge in [0.25, 0.3) is 5.56 Å². The van der Waals surface area contributed by atoms with Crippen molar-refractivity contribution in [3.8, 4) is 28.8 Å². The van der Waals surface area contributed by atoms with E-state index in [1.807, 2.05) is 0 Å². The van der Waals surface area contributed by atoms with E-state index < -0.39 is 34.9 Å². The van der Waals surface area contributed by atoms with Crippen molar-refractivity contribution in [2.24, 2.45) is 0 Å². The number of aromatic nitrogens is 3. The summed E-state index contributed by atoms with van der Waals surface area (Å²) in [7, 11) is 1.22. The fourth-order valence-electron chi connectivity index (χ4n) is 2.21. The first kappa shape index (κ1) is 22.2. The second kappa shape index (κ2) is 8.00. The first-order chi connectivity index (χ1) is 14.0. The van der Waals surface area contributed by atoms with Gasteiger partial charge in [-0.1, -0.05) is 23.2 Å². The minimum atomic E-state index is -6.06. The Morgan fingerprint density at radius 2 is 1.83 bits per heavy atom. The molecule has 14 heteroatoms. The van der Waals surface area contributed by atoms with Gasteiger partial charge in [0.1, 0.15) is 5.75 Å². The summed E-state index contributed by atoms with van der Waals surface area (Å²) in [6.45, 7) is 0. The van der Waals surface area contributed by atoms with Gasteiger partial charge in [0.2, 0.25) is 5.75 Å². The lowest BCUT2D eigenvalue weighted by Crippen LogP contribution is -2.36. The van der Waals surface area contributed by atoms with Gasteiger partial charge in [0, 0.05) is 6.07 Å². The van der Waals surface area contributed by atoms with E-state index in [-0.39, 0.29) is 27.2 Å². The van der Waals surface area contributed by atoms with E-state index in [4.69, 9.17) is 32.7 Å². The van der Waals surface area contributed by atoms with Crippen LogP contribution in [0.5, 0.6) is 17.2 Å². The smallest absolute Gasteiger partial charge is 0.459 e. The van der Waals surface area contributed by atoms with E-state index in [1.54, 1.807) is 0 Å². The molecule has 1 aromatic carbocycles. The minimum Gasteiger partial charge on any atom is -0.493 e. The fraction of sp³-hybridized carbons (Fsp3) is 0.188. The molecular weight excluding hydrogens is 480 g/mol. The monoisotopic (exact) mass is 487 g/mol. The van der Waals surface area contributed by atoms with Crippen LogP contribution in [0.25, 0.3) is 11.5 Å². The van der Waals surface area contributed by atoms with Crippen LogP contribution < -0.4 is 15.0 Å². The van der Waals surface area contributed by atoms with Crippen molar-refractivity contribution in [1.29, 1.82) is 0 Å². The van der Waals surface area contributed by atoms with Gasteiger partial charge >= 0.3 is 12.1 Å². The van der Waals surface area contributed by atoms with E-state index in [0.29, 0.717) is 0 Å². The van der Waals surface area contributed by atoms with Crippen LogP contribution in [0.1, 0.15) is 5.69 Å². The number of nitrogens with one attached hydrogen (secondary N) is 1. The second-order valence-electron chi connectivity index (χ2n) is 5.57. The summed E-state index contributed by atoms with van der Waals surface area (Å²) in [6.07, 6.45) is -6.06. The van der Waals surface area contributed by atoms with Crippen LogP contribution in [-0.4, -0.2) is 27.6 Å². The summed E-state index contributed by atoms with van der Waals surface area (Å²) in [5, 5.41) is 1.34. The summed E-state index contributed by atoms with van der Waals surface area (Å²) >= 11 is 12.3. The summed E-state index contributed by atoms with van der Waals surface area (Å²) in [5.41, 5.74) is -3.57. The van der Waals surface area contributed by atoms with Crippen molar-refractivity contribution in [3.05, 3.63) is 49.7 Å². The summed E-state index contributed by atoms with van der Waals surface area (Å²) < 4.78 is 81.4. The number of H-pyrrole nitrogens is 1. The van der Waals surface area contributed by atoms with E-state index in [2.05, 4.69) is 14.3 Å². The molecule has 0 bridgehead atoms. The Kier molecular flexibility index (Phi) is 5.94. The van der Waals surface area contributed by atoms with Crippen LogP contribution in [0, 0.1) is 0 Å². The molecule has 0 atom stereocenters. The zero-order chi connectivity index (χ0) is 22.3. The van der Waals surface area contributed by atoms with Gasteiger partial charge in [-0.05, 0) is 23.7 Å². The molecule has 0 amide bonds. The van der Waals surface area contributed by atoms with Crippen LogP contribution in [-0.2, 0) is 5.92 Å². The Hall–Kier alpha value is -2.44. The molecule has 0 aliphatic heterocycles. The molecule has 2 heterocycles. The number of hydrogen-bond acceptors (Lipinski definition) is 6. The molecule has 160 valence electrons. The van der Waals surface area contributed by atoms with E-state index >= 15 is 0 Å². The Labute approximate surface area is 178 Å². The van der Waals surface area contributed by atoms with Crippen molar-refractivity contribution >= 4 is 34.7 Å². The molecule has 2 aromatic heterocycles. The predicted molar refractivity (Wildman–Crippen MR) is 99.0 cm³/mol. The number of nitrogens with zero attached hydrogens (tertiary/aromatic N) is 2. The maximum absolute atomic E-state index is 14.2. The summed E-state index contributed by atoms with van der Waals surface area (Å²) in [5.74, 6) is -7.84. The molecule has 30 heavy (non-hydrogen) atoms. The lowest BCUT2D eigenvalue weighted by atomic mass is 10.2. The molecule has 3 rings (SSSR count). The van der Waals surface area contributed by atoms with Gasteiger partial charge in [-0.15, -0.1) is 0 Å². The van der Waals surface area contributed by atoms with Gasteiger partial charge < -0.3 is 14.5 Å². The molecule has 0 aliphatic carbocycles. The lowest BCUT2D eigenvalue weighted by molar-refractivity contribution is -0.291. The van der Waals surface area contributed by atoms with Crippen molar-refractivity contribution in [2.45, 2.75) is 12.1 Å². The minimum absolute atomic E-state index is 0.0163. The highest BCUT2D eigenvalue weighted by molar-refractivity contribution is 7.04. The van der Waals surface area contributed by atoms with Crippen LogP contribution >= 0.6 is 34.7 Å². The van der Waals surface area contributed by atoms with Crippen LogP contribution in [0.3, 0.4) is 0 Å². The Morgan fingerprint density at radius 3 is 2.43 bits per heavy atom. The van der Waals surface area contributed by atoms with Gasteiger partial charge in [-0.25, -0.2) is 4.98 Å². The molecule has 6 nitrogen and oxygen atoms in total. The molecule has 0 fully saturated rings. The quantitative estimate of drug-likeness (QED) is 0.470. The van der Waals surface area contributed by atoms with E-state index in [9.17, 15) is 26.7 Å². The normalized spacial score (nSPS) is 12.1. The van der Waals surface area contributed by atoms with E-state index in [0.717, 1.165) is 23.7 Å². The average molecular weight is 488 g/mol. The van der Waals surface area contributed by atoms with Crippen molar-refractivity contribution in [3.63, 3.8) is 0 Å². The van der Waals surface area contributed by atoms with Gasteiger partial charge in [0.05, 0.1) is 22.5 Å². The molecule has 0 spiro atoms. The molecular formula is C16H8Cl2F5N3O3S. The molecule has 0 saturated heterocycles. The number of methoxy groups -OCH3 is 1. The first-order valence-electron chi connectivity index (χ1n) is 7.66. The highest BCUT2D eigenvalue weighted by atomic mass is 35.5. The maximum atomic E-state index is 14.2. The average Bonchev–Trinajstić information content (AvgIpc) is 3.13. The zero-order valence-electron chi connectivity index (χ0n) is 14.5. The second-order valence-corrected chi connectivity index (χ2v) is 7.02. The van der Waals surface area contributed by atoms with E-state index in [1.165, 1.54) is 18.6 Å². The Balaban J connectivity index is 2.23. The van der Waals surface area contributed by atoms with Crippen LogP contribution in [0.15, 0.2) is 28.4 Å². The molecule has 3 aromatic rings. The summed E-state index contributed by atoms with van der Waals surface area (Å²) in [6, 6.07) is 3.37. The number of aromatic amines is 1. The molecule has 0 radical (unpaired) electrons. The van der Waals surface area contributed by atoms with Crippen molar-refractivity contribution in [2.75, 3.05) is 7.11 Å². The van der Waals surface area contributed by atoms with Crippen molar-refractivity contribution < 1.29 is 31.4 Å². The number of alkyl halides is 5. The van der Waals surface area contributed by atoms with Crippen LogP contribution in [0.2, 0.25) is 10.0 Å². The maximum Gasteiger partial charge on any atom is 0.459 e. The Bertz CT molecular complexity index is 1150. The highest BCUT2D eigenvalue weighted by Crippen LogP contribution is 2.46. The SMILES string of the molecule is COc1csnc1-c1nc(C(F)(F)C(F)(F)F)c(Oc2ccc(Cl)c(Cl)c2)c(=O)[nH]1. The third kappa shape index (κ3) is 4.07. The predicted octanol–water partition coefficient (Wildman–Crippen LogP) is 5.66. The number of rotatable bonds is 5. The molecule has 0 saturated carbocycles. The number of hydrogen-bond donors (Lipinski definition) is 1. The number of benzene rings is 1. The largest absolute Gasteiger partial charge is 0.493 e. The van der Waals surface area contributed by atoms with Gasteiger partial charge in [-0.2, -0.15) is 26.3 Å². The lowest BCUT2D eigenvalue weighted by Gasteiger charge is -2.21. The van der Waals surface area contributed by atoms with Gasteiger partial charge in [-0.3, -0.25) is 4.79 Å². The van der Waals surface area contributed by atoms with Gasteiger partial charge in [0.15, 0.2) is 23.0 Å².